The van der Waals surface area contributed by atoms with E-state index in [4.69, 9.17) is 5.73 Å². The fraction of sp³-hybridized carbons (Fsp3) is 0.357. The zero-order chi connectivity index (χ0) is 14.7. The van der Waals surface area contributed by atoms with Gasteiger partial charge >= 0.3 is 0 Å². The van der Waals surface area contributed by atoms with Gasteiger partial charge in [0.2, 0.25) is 5.91 Å². The number of aromatic nitrogens is 2. The first kappa shape index (κ1) is 14.0. The molecule has 0 saturated carbocycles. The number of pyridine rings is 1. The SMILES string of the molecule is CC(C)CC(NC(=O)c1ccc2nccn2c1)C(N)=O. The largest absolute Gasteiger partial charge is 0.368 e. The van der Waals surface area contributed by atoms with E-state index in [1.165, 1.54) is 0 Å². The molecule has 6 heteroatoms. The Balaban J connectivity index is 2.15. The van der Waals surface area contributed by atoms with Crippen molar-refractivity contribution in [1.29, 1.82) is 0 Å². The van der Waals surface area contributed by atoms with Crippen LogP contribution in [0.1, 0.15) is 30.6 Å². The highest BCUT2D eigenvalue weighted by molar-refractivity contribution is 5.97. The number of hydrogen-bond donors (Lipinski definition) is 2. The van der Waals surface area contributed by atoms with Gasteiger partial charge in [-0.25, -0.2) is 4.98 Å². The van der Waals surface area contributed by atoms with Crippen LogP contribution in [0.4, 0.5) is 0 Å². The number of imidazole rings is 1. The van der Waals surface area contributed by atoms with Crippen molar-refractivity contribution in [3.05, 3.63) is 36.3 Å². The van der Waals surface area contributed by atoms with Crippen LogP contribution >= 0.6 is 0 Å². The number of fused-ring (bicyclic) bond motifs is 1. The number of rotatable bonds is 5. The summed E-state index contributed by atoms with van der Waals surface area (Å²) in [5, 5.41) is 2.67. The van der Waals surface area contributed by atoms with E-state index in [0.29, 0.717) is 12.0 Å². The van der Waals surface area contributed by atoms with Gasteiger partial charge < -0.3 is 15.5 Å². The smallest absolute Gasteiger partial charge is 0.253 e. The van der Waals surface area contributed by atoms with E-state index in [-0.39, 0.29) is 11.8 Å². The summed E-state index contributed by atoms with van der Waals surface area (Å²) < 4.78 is 1.75. The highest BCUT2D eigenvalue weighted by Gasteiger charge is 2.20. The molecule has 106 valence electrons. The molecule has 0 fully saturated rings. The van der Waals surface area contributed by atoms with Crippen LogP contribution in [0, 0.1) is 5.92 Å². The normalized spacial score (nSPS) is 12.6. The molecule has 6 nitrogen and oxygen atoms in total. The van der Waals surface area contributed by atoms with Crippen LogP contribution in [0.2, 0.25) is 0 Å². The summed E-state index contributed by atoms with van der Waals surface area (Å²) in [7, 11) is 0. The van der Waals surface area contributed by atoms with E-state index in [0.717, 1.165) is 5.65 Å². The molecule has 0 saturated heterocycles. The van der Waals surface area contributed by atoms with Crippen LogP contribution in [-0.4, -0.2) is 27.2 Å². The fourth-order valence-corrected chi connectivity index (χ4v) is 2.01. The van der Waals surface area contributed by atoms with Crippen LogP contribution in [0.3, 0.4) is 0 Å². The second-order valence-corrected chi connectivity index (χ2v) is 5.17. The van der Waals surface area contributed by atoms with Gasteiger partial charge in [0, 0.05) is 18.6 Å². The number of nitrogens with one attached hydrogen (secondary N) is 1. The maximum Gasteiger partial charge on any atom is 0.253 e. The average molecular weight is 274 g/mol. The lowest BCUT2D eigenvalue weighted by Crippen LogP contribution is -2.45. The second kappa shape index (κ2) is 5.73. The lowest BCUT2D eigenvalue weighted by molar-refractivity contribution is -0.120. The van der Waals surface area contributed by atoms with Gasteiger partial charge in [-0.15, -0.1) is 0 Å². The number of carbonyl (C=O) groups is 2. The molecule has 1 unspecified atom stereocenters. The van der Waals surface area contributed by atoms with E-state index in [1.807, 2.05) is 13.8 Å². The highest BCUT2D eigenvalue weighted by Crippen LogP contribution is 2.08. The quantitative estimate of drug-likeness (QED) is 0.851. The molecule has 0 radical (unpaired) electrons. The van der Waals surface area contributed by atoms with Crippen LogP contribution in [0.5, 0.6) is 0 Å². The van der Waals surface area contributed by atoms with Gasteiger partial charge in [-0.2, -0.15) is 0 Å². The number of nitrogens with two attached hydrogens (primary N) is 1. The van der Waals surface area contributed by atoms with E-state index in [1.54, 1.807) is 35.1 Å². The molecule has 0 spiro atoms. The minimum atomic E-state index is -0.652. The van der Waals surface area contributed by atoms with Crippen molar-refractivity contribution < 1.29 is 9.59 Å². The third kappa shape index (κ3) is 3.14. The Kier molecular flexibility index (Phi) is 4.02. The predicted molar refractivity (Wildman–Crippen MR) is 75.1 cm³/mol. The molecule has 2 rings (SSSR count). The van der Waals surface area contributed by atoms with E-state index in [2.05, 4.69) is 10.3 Å². The Morgan fingerprint density at radius 3 is 2.80 bits per heavy atom. The second-order valence-electron chi connectivity index (χ2n) is 5.17. The van der Waals surface area contributed by atoms with Crippen LogP contribution < -0.4 is 11.1 Å². The summed E-state index contributed by atoms with van der Waals surface area (Å²) in [5.74, 6) is -0.565. The standard InChI is InChI=1S/C14H18N4O2/c1-9(2)7-11(13(15)19)17-14(20)10-3-4-12-16-5-6-18(12)8-10/h3-6,8-9,11H,7H2,1-2H3,(H2,15,19)(H,17,20). The first-order chi connectivity index (χ1) is 9.47. The van der Waals surface area contributed by atoms with E-state index in [9.17, 15) is 9.59 Å². The molecule has 0 aliphatic heterocycles. The molecule has 2 amide bonds. The maximum atomic E-state index is 12.2. The summed E-state index contributed by atoms with van der Waals surface area (Å²) in [5.41, 5.74) is 6.54. The molecule has 2 aromatic rings. The Morgan fingerprint density at radius 2 is 2.15 bits per heavy atom. The van der Waals surface area contributed by atoms with E-state index < -0.39 is 11.9 Å². The van der Waals surface area contributed by atoms with Crippen LogP contribution in [0.15, 0.2) is 30.7 Å². The van der Waals surface area contributed by atoms with E-state index >= 15 is 0 Å². The molecule has 3 N–H and O–H groups in total. The first-order valence-corrected chi connectivity index (χ1v) is 6.50. The van der Waals surface area contributed by atoms with Gasteiger partial charge in [0.25, 0.3) is 5.91 Å². The molecule has 0 aromatic carbocycles. The summed E-state index contributed by atoms with van der Waals surface area (Å²) in [4.78, 5) is 27.6. The third-order valence-corrected chi connectivity index (χ3v) is 3.01. The molecular formula is C14H18N4O2. The fourth-order valence-electron chi connectivity index (χ4n) is 2.01. The van der Waals surface area contributed by atoms with Gasteiger partial charge in [-0.3, -0.25) is 9.59 Å². The molecule has 0 aliphatic rings. The lowest BCUT2D eigenvalue weighted by Gasteiger charge is -2.17. The van der Waals surface area contributed by atoms with Crippen molar-refractivity contribution in [3.63, 3.8) is 0 Å². The summed E-state index contributed by atoms with van der Waals surface area (Å²) in [6.07, 6.45) is 5.60. The van der Waals surface area contributed by atoms with Crippen molar-refractivity contribution in [3.8, 4) is 0 Å². The van der Waals surface area contributed by atoms with Crippen molar-refractivity contribution in [2.75, 3.05) is 0 Å². The Labute approximate surface area is 117 Å². The van der Waals surface area contributed by atoms with Crippen LogP contribution in [0.25, 0.3) is 5.65 Å². The number of amides is 2. The Bertz CT molecular complexity index is 633. The number of carbonyl (C=O) groups excluding carboxylic acids is 2. The van der Waals surface area contributed by atoms with Gasteiger partial charge in [-0.05, 0) is 24.5 Å². The predicted octanol–water partition coefficient (Wildman–Crippen LogP) is 0.964. The van der Waals surface area contributed by atoms with Crippen molar-refractivity contribution >= 4 is 17.5 Å². The lowest BCUT2D eigenvalue weighted by atomic mass is 10.0. The molecule has 0 bridgehead atoms. The highest BCUT2D eigenvalue weighted by atomic mass is 16.2. The number of hydrogen-bond acceptors (Lipinski definition) is 3. The van der Waals surface area contributed by atoms with Crippen LogP contribution in [-0.2, 0) is 4.79 Å². The topological polar surface area (TPSA) is 89.5 Å². The first-order valence-electron chi connectivity index (χ1n) is 6.50. The average Bonchev–Trinajstić information content (AvgIpc) is 2.84. The molecule has 1 atom stereocenters. The summed E-state index contributed by atoms with van der Waals surface area (Å²) in [6, 6.07) is 2.77. The third-order valence-electron chi connectivity index (χ3n) is 3.01. The van der Waals surface area contributed by atoms with Crippen molar-refractivity contribution in [2.24, 2.45) is 11.7 Å². The monoisotopic (exact) mass is 274 g/mol. The molecule has 2 heterocycles. The van der Waals surface area contributed by atoms with Crippen molar-refractivity contribution in [1.82, 2.24) is 14.7 Å². The van der Waals surface area contributed by atoms with Crippen molar-refractivity contribution in [2.45, 2.75) is 26.3 Å². The summed E-state index contributed by atoms with van der Waals surface area (Å²) in [6.45, 7) is 3.94. The molecule has 20 heavy (non-hydrogen) atoms. The number of nitrogens with zero attached hydrogens (tertiary/aromatic N) is 2. The number of primary amides is 1. The van der Waals surface area contributed by atoms with Gasteiger partial charge in [-0.1, -0.05) is 13.8 Å². The minimum Gasteiger partial charge on any atom is -0.368 e. The Hall–Kier alpha value is -2.37. The zero-order valence-corrected chi connectivity index (χ0v) is 11.5. The van der Waals surface area contributed by atoms with Gasteiger partial charge in [0.15, 0.2) is 0 Å². The maximum absolute atomic E-state index is 12.2. The van der Waals surface area contributed by atoms with Gasteiger partial charge in [0.1, 0.15) is 11.7 Å². The molecule has 0 aliphatic carbocycles. The Morgan fingerprint density at radius 1 is 1.40 bits per heavy atom. The molecule has 2 aromatic heterocycles. The van der Waals surface area contributed by atoms with Gasteiger partial charge in [0.05, 0.1) is 5.56 Å². The molecular weight excluding hydrogens is 256 g/mol. The zero-order valence-electron chi connectivity index (χ0n) is 11.5. The summed E-state index contributed by atoms with van der Waals surface area (Å²) >= 11 is 0. The minimum absolute atomic E-state index is 0.268.